The van der Waals surface area contributed by atoms with Gasteiger partial charge in [-0.05, 0) is 30.2 Å². The summed E-state index contributed by atoms with van der Waals surface area (Å²) in [6.45, 7) is 2.11. The van der Waals surface area contributed by atoms with Crippen LogP contribution in [0.2, 0.25) is 0 Å². The number of amides is 2. The number of hydrogen-bond acceptors (Lipinski definition) is 7. The number of thiophene rings is 1. The summed E-state index contributed by atoms with van der Waals surface area (Å²) in [4.78, 5) is 36.4. The first kappa shape index (κ1) is 22.5. The Bertz CT molecular complexity index is 883. The lowest BCUT2D eigenvalue weighted by atomic mass is 10.1. The van der Waals surface area contributed by atoms with Crippen LogP contribution >= 0.6 is 11.3 Å². The highest BCUT2D eigenvalue weighted by Gasteiger charge is 2.25. The van der Waals surface area contributed by atoms with Gasteiger partial charge in [0, 0.05) is 13.7 Å². The Kier molecular flexibility index (Phi) is 8.25. The van der Waals surface area contributed by atoms with Crippen molar-refractivity contribution in [3.8, 4) is 0 Å². The van der Waals surface area contributed by atoms with Crippen LogP contribution in [0, 0.1) is 12.7 Å². The Labute approximate surface area is 171 Å². The molecule has 1 aromatic heterocycles. The average Bonchev–Trinajstić information content (AvgIpc) is 2.99. The number of rotatable bonds is 10. The summed E-state index contributed by atoms with van der Waals surface area (Å²) in [7, 11) is 1.47. The number of carbonyl (C=O) groups is 3. The number of benzene rings is 1. The zero-order valence-corrected chi connectivity index (χ0v) is 16.9. The molecule has 0 aliphatic heterocycles. The first-order valence-corrected chi connectivity index (χ1v) is 9.49. The topological polar surface area (TPSA) is 120 Å². The zero-order chi connectivity index (χ0) is 21.4. The Morgan fingerprint density at radius 2 is 1.86 bits per heavy atom. The Morgan fingerprint density at radius 3 is 2.48 bits per heavy atom. The van der Waals surface area contributed by atoms with Crippen molar-refractivity contribution < 1.29 is 28.2 Å². The van der Waals surface area contributed by atoms with Crippen LogP contribution in [0.3, 0.4) is 0 Å². The monoisotopic (exact) mass is 423 g/mol. The average molecular weight is 423 g/mol. The second kappa shape index (κ2) is 10.6. The first-order chi connectivity index (χ1) is 13.8. The van der Waals surface area contributed by atoms with E-state index in [2.05, 4.69) is 10.6 Å². The van der Waals surface area contributed by atoms with E-state index in [1.54, 1.807) is 19.1 Å². The summed E-state index contributed by atoms with van der Waals surface area (Å²) in [6, 6.07) is 5.88. The van der Waals surface area contributed by atoms with Crippen LogP contribution in [-0.4, -0.2) is 44.7 Å². The van der Waals surface area contributed by atoms with Crippen molar-refractivity contribution in [2.75, 3.05) is 32.2 Å². The lowest BCUT2D eigenvalue weighted by Gasteiger charge is -2.09. The molecule has 0 aliphatic rings. The minimum Gasteiger partial charge on any atom is -0.460 e. The second-order valence-electron chi connectivity index (χ2n) is 6.03. The molecule has 0 bridgehead atoms. The molecule has 0 saturated carbocycles. The van der Waals surface area contributed by atoms with Gasteiger partial charge in [0.15, 0.2) is 0 Å². The number of primary amides is 1. The molecule has 156 valence electrons. The normalized spacial score (nSPS) is 10.6. The van der Waals surface area contributed by atoms with Crippen molar-refractivity contribution in [2.24, 2.45) is 5.73 Å². The summed E-state index contributed by atoms with van der Waals surface area (Å²) in [5.74, 6) is -2.14. The van der Waals surface area contributed by atoms with Crippen LogP contribution < -0.4 is 16.4 Å². The second-order valence-corrected chi connectivity index (χ2v) is 7.05. The quantitative estimate of drug-likeness (QED) is 0.396. The summed E-state index contributed by atoms with van der Waals surface area (Å²) in [5.41, 5.74) is 6.60. The van der Waals surface area contributed by atoms with Crippen LogP contribution in [0.1, 0.15) is 31.2 Å². The van der Waals surface area contributed by atoms with Crippen LogP contribution in [0.4, 0.5) is 9.39 Å². The van der Waals surface area contributed by atoms with Crippen molar-refractivity contribution in [1.29, 1.82) is 0 Å². The molecule has 0 fully saturated rings. The van der Waals surface area contributed by atoms with Gasteiger partial charge in [0.2, 0.25) is 5.91 Å². The van der Waals surface area contributed by atoms with E-state index in [0.29, 0.717) is 12.1 Å². The number of esters is 1. The van der Waals surface area contributed by atoms with Gasteiger partial charge in [-0.15, -0.1) is 11.3 Å². The van der Waals surface area contributed by atoms with Crippen LogP contribution in [-0.2, 0) is 20.8 Å². The number of methoxy groups -OCH3 is 1. The molecule has 0 atom stereocenters. The van der Waals surface area contributed by atoms with Gasteiger partial charge in [-0.2, -0.15) is 0 Å². The molecule has 1 heterocycles. The fraction of sp³-hybridized carbons (Fsp3) is 0.316. The van der Waals surface area contributed by atoms with E-state index >= 15 is 0 Å². The number of carbonyl (C=O) groups excluding carboxylic acids is 3. The third-order valence-electron chi connectivity index (χ3n) is 3.88. The van der Waals surface area contributed by atoms with Crippen molar-refractivity contribution >= 4 is 34.1 Å². The number of nitrogens with two attached hydrogens (primary N) is 1. The van der Waals surface area contributed by atoms with Crippen LogP contribution in [0.15, 0.2) is 24.3 Å². The maximum absolute atomic E-state index is 12.9. The molecular weight excluding hydrogens is 401 g/mol. The molecular formula is C19H22FN3O5S. The lowest BCUT2D eigenvalue weighted by molar-refractivity contribution is -0.115. The molecule has 2 aromatic rings. The van der Waals surface area contributed by atoms with Gasteiger partial charge in [0.05, 0.1) is 23.6 Å². The minimum absolute atomic E-state index is 0.0309. The van der Waals surface area contributed by atoms with Crippen LogP contribution in [0.25, 0.3) is 0 Å². The van der Waals surface area contributed by atoms with E-state index in [9.17, 15) is 18.8 Å². The van der Waals surface area contributed by atoms with Crippen LogP contribution in [0.5, 0.6) is 0 Å². The third-order valence-corrected chi connectivity index (χ3v) is 5.10. The van der Waals surface area contributed by atoms with Gasteiger partial charge in [-0.25, -0.2) is 9.18 Å². The molecule has 4 N–H and O–H groups in total. The van der Waals surface area contributed by atoms with Gasteiger partial charge in [0.25, 0.3) is 5.91 Å². The molecule has 0 radical (unpaired) electrons. The van der Waals surface area contributed by atoms with E-state index in [1.165, 1.54) is 19.2 Å². The van der Waals surface area contributed by atoms with E-state index in [4.69, 9.17) is 15.2 Å². The highest BCUT2D eigenvalue weighted by molar-refractivity contribution is 7.18. The minimum atomic E-state index is -0.701. The molecule has 1 aromatic carbocycles. The Hall–Kier alpha value is -2.82. The highest BCUT2D eigenvalue weighted by Crippen LogP contribution is 2.33. The summed E-state index contributed by atoms with van der Waals surface area (Å²) < 4.78 is 22.9. The van der Waals surface area contributed by atoms with Crippen molar-refractivity contribution in [3.63, 3.8) is 0 Å². The maximum Gasteiger partial charge on any atom is 0.341 e. The van der Waals surface area contributed by atoms with Gasteiger partial charge in [-0.1, -0.05) is 12.1 Å². The molecule has 0 unspecified atom stereocenters. The molecule has 2 rings (SSSR count). The fourth-order valence-electron chi connectivity index (χ4n) is 2.47. The van der Waals surface area contributed by atoms with Gasteiger partial charge < -0.3 is 25.8 Å². The van der Waals surface area contributed by atoms with Crippen molar-refractivity contribution in [3.05, 3.63) is 51.7 Å². The largest absolute Gasteiger partial charge is 0.460 e. The Balaban J connectivity index is 2.04. The SMILES string of the molecule is COCCOC(=O)c1c(NC(=O)CNCc2ccc(F)cc2)sc(C(N)=O)c1C. The highest BCUT2D eigenvalue weighted by atomic mass is 32.1. The van der Waals surface area contributed by atoms with E-state index in [1.807, 2.05) is 0 Å². The number of nitrogens with one attached hydrogen (secondary N) is 2. The predicted molar refractivity (Wildman–Crippen MR) is 106 cm³/mol. The summed E-state index contributed by atoms with van der Waals surface area (Å²) >= 11 is 0.914. The molecule has 2 amide bonds. The van der Waals surface area contributed by atoms with Gasteiger partial charge >= 0.3 is 5.97 Å². The standard InChI is InChI=1S/C19H22FN3O5S/c1-11-15(19(26)28-8-7-27-2)18(29-16(11)17(21)25)23-14(24)10-22-9-12-3-5-13(20)6-4-12/h3-6,22H,7-10H2,1-2H3,(H2,21,25)(H,23,24). The molecule has 0 aliphatic carbocycles. The number of ether oxygens (including phenoxy) is 2. The molecule has 8 nitrogen and oxygen atoms in total. The van der Waals surface area contributed by atoms with E-state index in [0.717, 1.165) is 16.9 Å². The van der Waals surface area contributed by atoms with Crippen molar-refractivity contribution in [2.45, 2.75) is 13.5 Å². The summed E-state index contributed by atoms with van der Waals surface area (Å²) in [6.07, 6.45) is 0. The fourth-order valence-corrected chi connectivity index (χ4v) is 3.53. The molecule has 0 spiro atoms. The first-order valence-electron chi connectivity index (χ1n) is 8.67. The predicted octanol–water partition coefficient (Wildman–Crippen LogP) is 1.83. The van der Waals surface area contributed by atoms with Gasteiger partial charge in [0.1, 0.15) is 17.4 Å². The number of halogens is 1. The molecule has 10 heteroatoms. The van der Waals surface area contributed by atoms with E-state index < -0.39 is 17.8 Å². The molecule has 29 heavy (non-hydrogen) atoms. The molecule has 0 saturated heterocycles. The number of anilines is 1. The zero-order valence-electron chi connectivity index (χ0n) is 16.0. The summed E-state index contributed by atoms with van der Waals surface area (Å²) in [5, 5.41) is 5.72. The third kappa shape index (κ3) is 6.34. The van der Waals surface area contributed by atoms with Gasteiger partial charge in [-0.3, -0.25) is 9.59 Å². The smallest absolute Gasteiger partial charge is 0.341 e. The van der Waals surface area contributed by atoms with Crippen molar-refractivity contribution in [1.82, 2.24) is 5.32 Å². The van der Waals surface area contributed by atoms with E-state index in [-0.39, 0.29) is 41.0 Å². The lowest BCUT2D eigenvalue weighted by Crippen LogP contribution is -2.28. The Morgan fingerprint density at radius 1 is 1.17 bits per heavy atom. The maximum atomic E-state index is 12.9. The number of hydrogen-bond donors (Lipinski definition) is 3.